The third-order valence-electron chi connectivity index (χ3n) is 2.77. The number of carbonyl (C=O) groups is 1. The molecule has 0 saturated carbocycles. The average molecular weight is 230 g/mol. The van der Waals surface area contributed by atoms with Crippen LogP contribution in [0.4, 0.5) is 0 Å². The van der Waals surface area contributed by atoms with E-state index < -0.39 is 5.54 Å². The van der Waals surface area contributed by atoms with Gasteiger partial charge < -0.3 is 15.4 Å². The molecule has 0 rings (SSSR count). The fourth-order valence-corrected chi connectivity index (χ4v) is 1.43. The van der Waals surface area contributed by atoms with E-state index in [9.17, 15) is 4.79 Å². The maximum Gasteiger partial charge on any atom is 0.325 e. The van der Waals surface area contributed by atoms with Crippen LogP contribution in [0.3, 0.4) is 0 Å². The Bertz CT molecular complexity index is 205. The first-order chi connectivity index (χ1) is 7.44. The number of hydrogen-bond donors (Lipinski definition) is 1. The minimum Gasteiger partial charge on any atom is -0.465 e. The highest BCUT2D eigenvalue weighted by Crippen LogP contribution is 2.12. The number of nitrogens with zero attached hydrogens (tertiary/aromatic N) is 1. The van der Waals surface area contributed by atoms with E-state index in [-0.39, 0.29) is 5.97 Å². The average Bonchev–Trinajstić information content (AvgIpc) is 2.24. The Kier molecular flexibility index (Phi) is 7.34. The van der Waals surface area contributed by atoms with Crippen molar-refractivity contribution in [3.05, 3.63) is 0 Å². The Labute approximate surface area is 99.1 Å². The molecule has 0 aromatic heterocycles. The summed E-state index contributed by atoms with van der Waals surface area (Å²) < 4.78 is 4.93. The monoisotopic (exact) mass is 230 g/mol. The van der Waals surface area contributed by atoms with Crippen LogP contribution in [0.25, 0.3) is 0 Å². The Morgan fingerprint density at radius 2 is 2.00 bits per heavy atom. The van der Waals surface area contributed by atoms with Crippen molar-refractivity contribution in [3.8, 4) is 0 Å². The highest BCUT2D eigenvalue weighted by molar-refractivity contribution is 5.79. The number of ether oxygens (including phenoxy) is 1. The van der Waals surface area contributed by atoms with Crippen molar-refractivity contribution in [2.45, 2.75) is 45.6 Å². The van der Waals surface area contributed by atoms with Gasteiger partial charge in [-0.2, -0.15) is 0 Å². The molecule has 1 unspecified atom stereocenters. The molecule has 0 aromatic rings. The van der Waals surface area contributed by atoms with Crippen LogP contribution in [-0.4, -0.2) is 43.2 Å². The molecule has 0 aliphatic heterocycles. The number of rotatable bonds is 8. The topological polar surface area (TPSA) is 55.6 Å². The van der Waals surface area contributed by atoms with Crippen molar-refractivity contribution in [1.82, 2.24) is 4.90 Å². The van der Waals surface area contributed by atoms with E-state index in [1.165, 1.54) is 0 Å². The second kappa shape index (κ2) is 7.63. The molecule has 0 amide bonds. The van der Waals surface area contributed by atoms with Crippen molar-refractivity contribution in [2.24, 2.45) is 5.73 Å². The molecule has 96 valence electrons. The molecule has 1 atom stereocenters. The third-order valence-corrected chi connectivity index (χ3v) is 2.77. The second-order valence-electron chi connectivity index (χ2n) is 4.49. The van der Waals surface area contributed by atoms with Crippen molar-refractivity contribution in [2.75, 3.05) is 26.7 Å². The first-order valence-electron chi connectivity index (χ1n) is 6.08. The Morgan fingerprint density at radius 1 is 1.38 bits per heavy atom. The molecule has 0 aliphatic carbocycles. The zero-order chi connectivity index (χ0) is 12.6. The maximum atomic E-state index is 11.5. The normalized spacial score (nSPS) is 14.9. The molecule has 0 heterocycles. The van der Waals surface area contributed by atoms with Gasteiger partial charge in [-0.15, -0.1) is 0 Å². The van der Waals surface area contributed by atoms with Crippen molar-refractivity contribution in [1.29, 1.82) is 0 Å². The molecule has 0 bridgehead atoms. The minimum absolute atomic E-state index is 0.293. The Hall–Kier alpha value is -0.610. The summed E-state index contributed by atoms with van der Waals surface area (Å²) in [5, 5.41) is 0. The lowest BCUT2D eigenvalue weighted by molar-refractivity contribution is -0.149. The summed E-state index contributed by atoms with van der Waals surface area (Å²) in [6.45, 7) is 8.17. The predicted molar refractivity (Wildman–Crippen MR) is 66.2 cm³/mol. The Balaban J connectivity index is 3.77. The SMILES string of the molecule is CCOC(=O)C(C)(N)CCCCN(C)CC. The molecular weight excluding hydrogens is 204 g/mol. The minimum atomic E-state index is -0.833. The van der Waals surface area contributed by atoms with Gasteiger partial charge in [0.15, 0.2) is 0 Å². The predicted octanol–water partition coefficient (Wildman–Crippen LogP) is 1.39. The van der Waals surface area contributed by atoms with Gasteiger partial charge in [-0.25, -0.2) is 0 Å². The number of hydrogen-bond acceptors (Lipinski definition) is 4. The van der Waals surface area contributed by atoms with Gasteiger partial charge in [0.25, 0.3) is 0 Å². The maximum absolute atomic E-state index is 11.5. The first-order valence-corrected chi connectivity index (χ1v) is 6.08. The van der Waals surface area contributed by atoms with Gasteiger partial charge in [-0.3, -0.25) is 4.79 Å². The van der Waals surface area contributed by atoms with Gasteiger partial charge in [0.2, 0.25) is 0 Å². The van der Waals surface area contributed by atoms with Crippen LogP contribution in [0.15, 0.2) is 0 Å². The van der Waals surface area contributed by atoms with E-state index in [2.05, 4.69) is 18.9 Å². The van der Waals surface area contributed by atoms with E-state index in [1.807, 2.05) is 0 Å². The summed E-state index contributed by atoms with van der Waals surface area (Å²) in [5.41, 5.74) is 5.08. The van der Waals surface area contributed by atoms with Crippen LogP contribution < -0.4 is 5.73 Å². The lowest BCUT2D eigenvalue weighted by Crippen LogP contribution is -2.46. The van der Waals surface area contributed by atoms with Gasteiger partial charge in [-0.1, -0.05) is 6.92 Å². The molecule has 0 saturated heterocycles. The van der Waals surface area contributed by atoms with Crippen molar-refractivity contribution in [3.63, 3.8) is 0 Å². The lowest BCUT2D eigenvalue weighted by Gasteiger charge is -2.22. The molecule has 0 fully saturated rings. The molecule has 4 heteroatoms. The van der Waals surface area contributed by atoms with Crippen LogP contribution in [0.5, 0.6) is 0 Å². The quantitative estimate of drug-likeness (QED) is 0.506. The van der Waals surface area contributed by atoms with Crippen LogP contribution in [0.2, 0.25) is 0 Å². The van der Waals surface area contributed by atoms with Crippen molar-refractivity contribution < 1.29 is 9.53 Å². The molecule has 16 heavy (non-hydrogen) atoms. The molecule has 0 aromatic carbocycles. The molecule has 4 nitrogen and oxygen atoms in total. The number of unbranched alkanes of at least 4 members (excludes halogenated alkanes) is 1. The number of esters is 1. The van der Waals surface area contributed by atoms with Crippen LogP contribution in [0, 0.1) is 0 Å². The van der Waals surface area contributed by atoms with Crippen LogP contribution >= 0.6 is 0 Å². The fraction of sp³-hybridized carbons (Fsp3) is 0.917. The largest absolute Gasteiger partial charge is 0.465 e. The van der Waals surface area contributed by atoms with Crippen molar-refractivity contribution >= 4 is 5.97 Å². The molecule has 0 aliphatic rings. The summed E-state index contributed by atoms with van der Waals surface area (Å²) >= 11 is 0. The van der Waals surface area contributed by atoms with Crippen LogP contribution in [0.1, 0.15) is 40.0 Å². The summed E-state index contributed by atoms with van der Waals surface area (Å²) in [6, 6.07) is 0. The van der Waals surface area contributed by atoms with E-state index in [0.717, 1.165) is 25.9 Å². The zero-order valence-electron chi connectivity index (χ0n) is 11.1. The van der Waals surface area contributed by atoms with E-state index in [1.54, 1.807) is 13.8 Å². The standard InChI is InChI=1S/C12H26N2O2/c1-5-14(4)10-8-7-9-12(3,13)11(15)16-6-2/h5-10,13H2,1-4H3. The van der Waals surface area contributed by atoms with Gasteiger partial charge in [0, 0.05) is 0 Å². The van der Waals surface area contributed by atoms with Gasteiger partial charge in [0.05, 0.1) is 6.61 Å². The number of carbonyl (C=O) groups excluding carboxylic acids is 1. The second-order valence-corrected chi connectivity index (χ2v) is 4.49. The van der Waals surface area contributed by atoms with Crippen LogP contribution in [-0.2, 0) is 9.53 Å². The Morgan fingerprint density at radius 3 is 2.50 bits per heavy atom. The molecule has 2 N–H and O–H groups in total. The smallest absolute Gasteiger partial charge is 0.325 e. The summed E-state index contributed by atoms with van der Waals surface area (Å²) in [4.78, 5) is 13.7. The van der Waals surface area contributed by atoms with E-state index in [0.29, 0.717) is 13.0 Å². The number of nitrogens with two attached hydrogens (primary N) is 1. The third kappa shape index (κ3) is 6.08. The lowest BCUT2D eigenvalue weighted by atomic mass is 9.96. The highest BCUT2D eigenvalue weighted by Gasteiger charge is 2.28. The molecule has 0 radical (unpaired) electrons. The summed E-state index contributed by atoms with van der Waals surface area (Å²) in [5.74, 6) is -0.293. The highest BCUT2D eigenvalue weighted by atomic mass is 16.5. The zero-order valence-corrected chi connectivity index (χ0v) is 11.1. The van der Waals surface area contributed by atoms with E-state index in [4.69, 9.17) is 10.5 Å². The van der Waals surface area contributed by atoms with Gasteiger partial charge in [0.1, 0.15) is 5.54 Å². The molecule has 0 spiro atoms. The fourth-order valence-electron chi connectivity index (χ4n) is 1.43. The van der Waals surface area contributed by atoms with E-state index >= 15 is 0 Å². The summed E-state index contributed by atoms with van der Waals surface area (Å²) in [7, 11) is 2.09. The summed E-state index contributed by atoms with van der Waals surface area (Å²) in [6.07, 6.45) is 2.70. The van der Waals surface area contributed by atoms with Gasteiger partial charge in [-0.05, 0) is 53.2 Å². The molecular formula is C12H26N2O2. The van der Waals surface area contributed by atoms with Gasteiger partial charge >= 0.3 is 5.97 Å². The first kappa shape index (κ1) is 15.4.